The summed E-state index contributed by atoms with van der Waals surface area (Å²) in [6.07, 6.45) is 0.917. The molecular weight excluding hydrogens is 194 g/mol. The van der Waals surface area contributed by atoms with E-state index in [0.717, 1.165) is 17.0 Å². The van der Waals surface area contributed by atoms with Gasteiger partial charge in [0.1, 0.15) is 0 Å². The second kappa shape index (κ2) is 5.21. The average Bonchev–Trinajstić information content (AvgIpc) is 2.14. The van der Waals surface area contributed by atoms with Gasteiger partial charge >= 0.3 is 0 Å². The van der Waals surface area contributed by atoms with Crippen molar-refractivity contribution in [1.29, 1.82) is 0 Å². The van der Waals surface area contributed by atoms with Crippen LogP contribution in [0.3, 0.4) is 0 Å². The average molecular weight is 207 g/mol. The van der Waals surface area contributed by atoms with Crippen LogP contribution in [0.25, 0.3) is 0 Å². The van der Waals surface area contributed by atoms with E-state index in [1.54, 1.807) is 14.2 Å². The molecule has 0 bridgehead atoms. The molecular formula is C11H13BClO. The topological polar surface area (TPSA) is 17.1 Å². The molecule has 3 heteroatoms. The van der Waals surface area contributed by atoms with Crippen molar-refractivity contribution in [3.63, 3.8) is 0 Å². The largest absolute Gasteiger partial charge is 0.312 e. The molecule has 0 N–H and O–H groups in total. The van der Waals surface area contributed by atoms with Crippen molar-refractivity contribution in [3.8, 4) is 0 Å². The Morgan fingerprint density at radius 1 is 1.57 bits per heavy atom. The molecule has 1 nitrogen and oxygen atoms in total. The van der Waals surface area contributed by atoms with Gasteiger partial charge in [-0.1, -0.05) is 42.6 Å². The minimum absolute atomic E-state index is 0.108. The van der Waals surface area contributed by atoms with E-state index in [2.05, 4.69) is 6.92 Å². The monoisotopic (exact) mass is 207 g/mol. The molecule has 1 aromatic rings. The van der Waals surface area contributed by atoms with Crippen LogP contribution in [-0.4, -0.2) is 13.0 Å². The SMILES string of the molecule is CCC([B]C(C)=O)c1cccc(Cl)c1. The van der Waals surface area contributed by atoms with Gasteiger partial charge in [-0.25, -0.2) is 0 Å². The zero-order chi connectivity index (χ0) is 10.6. The highest BCUT2D eigenvalue weighted by molar-refractivity contribution is 6.74. The van der Waals surface area contributed by atoms with Gasteiger partial charge in [0.05, 0.1) is 5.68 Å². The molecule has 0 heterocycles. The van der Waals surface area contributed by atoms with Crippen molar-refractivity contribution in [2.75, 3.05) is 0 Å². The molecule has 1 atom stereocenters. The molecule has 14 heavy (non-hydrogen) atoms. The number of carbonyl (C=O) groups is 1. The number of hydrogen-bond acceptors (Lipinski definition) is 1. The molecule has 0 amide bonds. The van der Waals surface area contributed by atoms with Gasteiger partial charge in [-0.15, -0.1) is 0 Å². The summed E-state index contributed by atoms with van der Waals surface area (Å²) >= 11 is 5.88. The minimum atomic E-state index is 0.108. The summed E-state index contributed by atoms with van der Waals surface area (Å²) in [7, 11) is 1.74. The number of halogens is 1. The number of carbonyl (C=O) groups excluding carboxylic acids is 1. The predicted molar refractivity (Wildman–Crippen MR) is 60.9 cm³/mol. The zero-order valence-electron chi connectivity index (χ0n) is 8.46. The standard InChI is InChI=1S/C11H13BClO/c1-3-11(12-8(2)14)9-5-4-6-10(13)7-9/h4-7,11H,3H2,1-2H3. The smallest absolute Gasteiger partial charge is 0.210 e. The highest BCUT2D eigenvalue weighted by Gasteiger charge is 2.13. The first-order valence-corrected chi connectivity index (χ1v) is 5.12. The Balaban J connectivity index is 2.83. The van der Waals surface area contributed by atoms with Crippen LogP contribution in [0.4, 0.5) is 0 Å². The molecule has 1 aromatic carbocycles. The highest BCUT2D eigenvalue weighted by Crippen LogP contribution is 2.21. The quantitative estimate of drug-likeness (QED) is 0.694. The lowest BCUT2D eigenvalue weighted by molar-refractivity contribution is -0.110. The minimum Gasteiger partial charge on any atom is -0.312 e. The predicted octanol–water partition coefficient (Wildman–Crippen LogP) is 3.04. The van der Waals surface area contributed by atoms with Gasteiger partial charge in [0.15, 0.2) is 0 Å². The molecule has 0 saturated carbocycles. The van der Waals surface area contributed by atoms with Crippen LogP contribution in [0.2, 0.25) is 5.02 Å². The summed E-state index contributed by atoms with van der Waals surface area (Å²) < 4.78 is 0. The highest BCUT2D eigenvalue weighted by atomic mass is 35.5. The second-order valence-corrected chi connectivity index (χ2v) is 3.78. The molecule has 0 aliphatic carbocycles. The maximum absolute atomic E-state index is 11.0. The molecule has 1 radical (unpaired) electrons. The van der Waals surface area contributed by atoms with E-state index in [1.807, 2.05) is 24.3 Å². The Morgan fingerprint density at radius 3 is 2.79 bits per heavy atom. The van der Waals surface area contributed by atoms with E-state index in [0.29, 0.717) is 0 Å². The van der Waals surface area contributed by atoms with Crippen molar-refractivity contribution in [2.24, 2.45) is 0 Å². The maximum Gasteiger partial charge on any atom is 0.210 e. The number of rotatable bonds is 4. The van der Waals surface area contributed by atoms with E-state index in [9.17, 15) is 4.79 Å². The van der Waals surface area contributed by atoms with Gasteiger partial charge in [0, 0.05) is 5.02 Å². The van der Waals surface area contributed by atoms with Gasteiger partial charge in [0.2, 0.25) is 7.28 Å². The third-order valence-corrected chi connectivity index (χ3v) is 2.39. The van der Waals surface area contributed by atoms with E-state index in [1.165, 1.54) is 0 Å². The summed E-state index contributed by atoms with van der Waals surface area (Å²) in [6.45, 7) is 3.64. The normalized spacial score (nSPS) is 12.2. The fourth-order valence-corrected chi connectivity index (χ4v) is 1.67. The molecule has 1 rings (SSSR count). The fraction of sp³-hybridized carbons (Fsp3) is 0.364. The zero-order valence-corrected chi connectivity index (χ0v) is 9.21. The lowest BCUT2D eigenvalue weighted by Crippen LogP contribution is -2.14. The Kier molecular flexibility index (Phi) is 4.21. The van der Waals surface area contributed by atoms with Crippen molar-refractivity contribution in [2.45, 2.75) is 26.1 Å². The Hall–Kier alpha value is -0.755. The van der Waals surface area contributed by atoms with Gasteiger partial charge < -0.3 is 4.79 Å². The molecule has 0 saturated heterocycles. The van der Waals surface area contributed by atoms with E-state index < -0.39 is 0 Å². The number of benzene rings is 1. The molecule has 0 fully saturated rings. The van der Waals surface area contributed by atoms with Crippen LogP contribution in [0.15, 0.2) is 24.3 Å². The summed E-state index contributed by atoms with van der Waals surface area (Å²) in [5.41, 5.74) is 1.21. The van der Waals surface area contributed by atoms with Crippen LogP contribution < -0.4 is 0 Å². The Bertz CT molecular complexity index is 325. The maximum atomic E-state index is 11.0. The van der Waals surface area contributed by atoms with Gasteiger partial charge in [-0.05, 0) is 24.9 Å². The van der Waals surface area contributed by atoms with Gasteiger partial charge in [0.25, 0.3) is 0 Å². The fourth-order valence-electron chi connectivity index (χ4n) is 1.47. The van der Waals surface area contributed by atoms with Crippen molar-refractivity contribution < 1.29 is 4.79 Å². The molecule has 0 aliphatic heterocycles. The van der Waals surface area contributed by atoms with E-state index in [4.69, 9.17) is 11.6 Å². The lowest BCUT2D eigenvalue weighted by atomic mass is 9.58. The van der Waals surface area contributed by atoms with Crippen molar-refractivity contribution >= 4 is 24.6 Å². The Morgan fingerprint density at radius 2 is 2.29 bits per heavy atom. The van der Waals surface area contributed by atoms with Crippen LogP contribution in [0.1, 0.15) is 31.6 Å². The van der Waals surface area contributed by atoms with Crippen LogP contribution in [0, 0.1) is 0 Å². The first-order valence-electron chi connectivity index (χ1n) is 4.74. The third kappa shape index (κ3) is 3.19. The van der Waals surface area contributed by atoms with Crippen molar-refractivity contribution in [3.05, 3.63) is 34.9 Å². The first kappa shape index (κ1) is 11.3. The van der Waals surface area contributed by atoms with E-state index in [-0.39, 0.29) is 11.5 Å². The molecule has 0 aliphatic rings. The second-order valence-electron chi connectivity index (χ2n) is 3.35. The molecule has 0 spiro atoms. The molecule has 73 valence electrons. The summed E-state index contributed by atoms with van der Waals surface area (Å²) in [4.78, 5) is 11.0. The summed E-state index contributed by atoms with van der Waals surface area (Å²) in [5, 5.41) is 0.720. The summed E-state index contributed by atoms with van der Waals surface area (Å²) in [6, 6.07) is 7.66. The van der Waals surface area contributed by atoms with Gasteiger partial charge in [-0.3, -0.25) is 0 Å². The summed E-state index contributed by atoms with van der Waals surface area (Å²) in [5.74, 6) is 0.186. The molecule has 0 aromatic heterocycles. The van der Waals surface area contributed by atoms with Crippen LogP contribution in [-0.2, 0) is 4.79 Å². The lowest BCUT2D eigenvalue weighted by Gasteiger charge is -2.12. The first-order chi connectivity index (χ1) is 6.63. The molecule has 1 unspecified atom stereocenters. The van der Waals surface area contributed by atoms with Crippen LogP contribution >= 0.6 is 11.6 Å². The van der Waals surface area contributed by atoms with E-state index >= 15 is 0 Å². The van der Waals surface area contributed by atoms with Crippen LogP contribution in [0.5, 0.6) is 0 Å². The third-order valence-electron chi connectivity index (χ3n) is 2.15. The number of hydrogen-bond donors (Lipinski definition) is 0. The Labute approximate surface area is 90.7 Å². The van der Waals surface area contributed by atoms with Gasteiger partial charge in [-0.2, -0.15) is 0 Å². The van der Waals surface area contributed by atoms with Crippen molar-refractivity contribution in [1.82, 2.24) is 0 Å².